The van der Waals surface area contributed by atoms with Crippen LogP contribution >= 0.6 is 0 Å². The van der Waals surface area contributed by atoms with E-state index >= 15 is 0 Å². The zero-order valence-electron chi connectivity index (χ0n) is 26.9. The molecule has 2 fully saturated rings. The van der Waals surface area contributed by atoms with E-state index < -0.39 is 29.7 Å². The quantitative estimate of drug-likeness (QED) is 0.293. The summed E-state index contributed by atoms with van der Waals surface area (Å²) in [4.78, 5) is 56.1. The molecule has 0 bridgehead atoms. The number of fused-ring (bicyclic) bond motifs is 2. The van der Waals surface area contributed by atoms with Crippen LogP contribution in [0.25, 0.3) is 0 Å². The summed E-state index contributed by atoms with van der Waals surface area (Å²) in [6.45, 7) is 4.53. The van der Waals surface area contributed by atoms with Gasteiger partial charge in [-0.05, 0) is 53.4 Å². The predicted molar refractivity (Wildman–Crippen MR) is 182 cm³/mol. The van der Waals surface area contributed by atoms with Crippen LogP contribution in [0.2, 0.25) is 0 Å². The number of anilines is 1. The molecular formula is C39H36N4O6. The average Bonchev–Trinajstić information content (AvgIpc) is 3.36. The Hall–Kier alpha value is -5.48. The van der Waals surface area contributed by atoms with Crippen LogP contribution < -0.4 is 15.0 Å². The number of carbonyl (C=O) groups excluding carboxylic acids is 4. The third-order valence-electron chi connectivity index (χ3n) is 10.3. The van der Waals surface area contributed by atoms with E-state index in [1.165, 1.54) is 11.1 Å². The normalized spacial score (nSPS) is 22.4. The number of aromatic hydroxyl groups is 1. The van der Waals surface area contributed by atoms with Gasteiger partial charge in [0, 0.05) is 68.3 Å². The van der Waals surface area contributed by atoms with E-state index in [1.807, 2.05) is 18.2 Å². The second-order valence-electron chi connectivity index (χ2n) is 13.2. The standard InChI is InChI=1S/C39H36N4O6/c44-28-11-13-30-34(21-28)49-23-32(25-4-2-1-3-5-25)36(30)26-7-9-27(10-8-26)42-18-16-41(17-19-42)22-24-6-12-29-31(20-24)39(48)43(38(29)47)33-14-15-35(45)40-37(33)46/h1-13,20-21,32-33,36,44H,14-19,22-23H2,(H,40,45,46)/t32-,33?,36-/m1/s1. The number of amides is 4. The van der Waals surface area contributed by atoms with Crippen molar-refractivity contribution in [2.45, 2.75) is 37.3 Å². The summed E-state index contributed by atoms with van der Waals surface area (Å²) >= 11 is 0. The van der Waals surface area contributed by atoms with Crippen molar-refractivity contribution in [1.29, 1.82) is 0 Å². The molecule has 2 N–H and O–H groups in total. The van der Waals surface area contributed by atoms with Crippen molar-refractivity contribution >= 4 is 29.3 Å². The Labute approximate surface area is 283 Å². The zero-order valence-corrected chi connectivity index (χ0v) is 26.9. The van der Waals surface area contributed by atoms with E-state index in [1.54, 1.807) is 24.3 Å². The Kier molecular flexibility index (Phi) is 7.88. The minimum Gasteiger partial charge on any atom is -0.508 e. The molecule has 1 unspecified atom stereocenters. The maximum Gasteiger partial charge on any atom is 0.262 e. The van der Waals surface area contributed by atoms with Crippen molar-refractivity contribution in [2.75, 3.05) is 37.7 Å². The Morgan fingerprint density at radius 3 is 2.29 bits per heavy atom. The fraction of sp³-hybridized carbons (Fsp3) is 0.282. The summed E-state index contributed by atoms with van der Waals surface area (Å²) in [7, 11) is 0. The van der Waals surface area contributed by atoms with E-state index in [2.05, 4.69) is 63.6 Å². The molecule has 4 aliphatic heterocycles. The van der Waals surface area contributed by atoms with Gasteiger partial charge in [0.15, 0.2) is 0 Å². The number of nitrogens with zero attached hydrogens (tertiary/aromatic N) is 3. The number of hydrogen-bond acceptors (Lipinski definition) is 8. The SMILES string of the molecule is O=C1CCC(N2C(=O)c3ccc(CN4CCN(c5ccc([C@@H]6c7ccc(O)cc7OC[C@@H]6c6ccccc6)cc5)CC4)cc3C2=O)C(=O)N1. The summed E-state index contributed by atoms with van der Waals surface area (Å²) in [6.07, 6.45) is 0.232. The molecule has 4 amide bonds. The van der Waals surface area contributed by atoms with E-state index in [-0.39, 0.29) is 30.4 Å². The van der Waals surface area contributed by atoms with E-state index in [4.69, 9.17) is 4.74 Å². The van der Waals surface area contributed by atoms with Gasteiger partial charge in [0.25, 0.3) is 11.8 Å². The zero-order chi connectivity index (χ0) is 33.6. The second kappa shape index (κ2) is 12.5. The van der Waals surface area contributed by atoms with Gasteiger partial charge in [-0.2, -0.15) is 0 Å². The van der Waals surface area contributed by atoms with Crippen LogP contribution in [0.5, 0.6) is 11.5 Å². The number of phenols is 1. The van der Waals surface area contributed by atoms with Crippen LogP contribution in [-0.4, -0.2) is 77.4 Å². The van der Waals surface area contributed by atoms with Crippen molar-refractivity contribution in [3.63, 3.8) is 0 Å². The second-order valence-corrected chi connectivity index (χ2v) is 13.2. The van der Waals surface area contributed by atoms with E-state index in [0.29, 0.717) is 24.3 Å². The fourth-order valence-electron chi connectivity index (χ4n) is 7.73. The molecule has 4 aromatic carbocycles. The Bertz CT molecular complexity index is 1950. The Morgan fingerprint density at radius 1 is 0.776 bits per heavy atom. The monoisotopic (exact) mass is 656 g/mol. The number of ether oxygens (including phenoxy) is 1. The van der Waals surface area contributed by atoms with Crippen LogP contribution in [0.15, 0.2) is 91.0 Å². The van der Waals surface area contributed by atoms with Crippen molar-refractivity contribution < 1.29 is 29.0 Å². The number of piperidine rings is 1. The number of carbonyl (C=O) groups is 4. The number of piperazine rings is 1. The number of rotatable bonds is 6. The molecule has 3 atom stereocenters. The first-order valence-corrected chi connectivity index (χ1v) is 16.8. The summed E-state index contributed by atoms with van der Waals surface area (Å²) in [5.74, 6) is -0.824. The van der Waals surface area contributed by atoms with Crippen LogP contribution in [0, 0.1) is 0 Å². The van der Waals surface area contributed by atoms with Crippen LogP contribution in [0.4, 0.5) is 5.69 Å². The molecule has 4 aliphatic rings. The molecule has 0 aromatic heterocycles. The lowest BCUT2D eigenvalue weighted by atomic mass is 9.76. The van der Waals surface area contributed by atoms with Crippen LogP contribution in [-0.2, 0) is 16.1 Å². The highest BCUT2D eigenvalue weighted by Gasteiger charge is 2.44. The first-order valence-electron chi connectivity index (χ1n) is 16.8. The summed E-state index contributed by atoms with van der Waals surface area (Å²) < 4.78 is 6.13. The lowest BCUT2D eigenvalue weighted by Gasteiger charge is -2.37. The minimum absolute atomic E-state index is 0.0863. The van der Waals surface area contributed by atoms with Gasteiger partial charge in [-0.25, -0.2) is 0 Å². The van der Waals surface area contributed by atoms with Crippen LogP contribution in [0.1, 0.15) is 67.6 Å². The molecule has 2 saturated heterocycles. The van der Waals surface area contributed by atoms with Gasteiger partial charge < -0.3 is 14.7 Å². The third-order valence-corrected chi connectivity index (χ3v) is 10.3. The summed E-state index contributed by atoms with van der Waals surface area (Å²) in [5.41, 5.74) is 6.19. The topological polar surface area (TPSA) is 119 Å². The molecule has 0 radical (unpaired) electrons. The number of phenolic OH excluding ortho intramolecular Hbond substituents is 1. The van der Waals surface area contributed by atoms with E-state index in [0.717, 1.165) is 53.6 Å². The molecule has 10 heteroatoms. The molecule has 49 heavy (non-hydrogen) atoms. The number of benzene rings is 4. The molecule has 0 aliphatic carbocycles. The van der Waals surface area contributed by atoms with Gasteiger partial charge >= 0.3 is 0 Å². The lowest BCUT2D eigenvalue weighted by Crippen LogP contribution is -2.54. The maximum atomic E-state index is 13.3. The van der Waals surface area contributed by atoms with Gasteiger partial charge in [-0.1, -0.05) is 54.6 Å². The van der Waals surface area contributed by atoms with Crippen LogP contribution in [0.3, 0.4) is 0 Å². The predicted octanol–water partition coefficient (Wildman–Crippen LogP) is 4.42. The van der Waals surface area contributed by atoms with Gasteiger partial charge in [0.2, 0.25) is 11.8 Å². The molecule has 4 heterocycles. The largest absolute Gasteiger partial charge is 0.508 e. The van der Waals surface area contributed by atoms with Crippen molar-refractivity contribution in [1.82, 2.24) is 15.1 Å². The fourth-order valence-corrected chi connectivity index (χ4v) is 7.73. The van der Waals surface area contributed by atoms with E-state index in [9.17, 15) is 24.3 Å². The molecule has 4 aromatic rings. The van der Waals surface area contributed by atoms with Crippen molar-refractivity contribution in [2.24, 2.45) is 0 Å². The van der Waals surface area contributed by atoms with Crippen molar-refractivity contribution in [3.05, 3.63) is 124 Å². The first kappa shape index (κ1) is 30.8. The highest BCUT2D eigenvalue weighted by Crippen LogP contribution is 2.47. The molecule has 0 saturated carbocycles. The summed E-state index contributed by atoms with van der Waals surface area (Å²) in [5, 5.41) is 12.3. The van der Waals surface area contributed by atoms with Gasteiger partial charge in [-0.3, -0.25) is 34.3 Å². The smallest absolute Gasteiger partial charge is 0.262 e. The molecule has 10 nitrogen and oxygen atoms in total. The first-order chi connectivity index (χ1) is 23.8. The Balaban J connectivity index is 0.931. The molecule has 8 rings (SSSR count). The summed E-state index contributed by atoms with van der Waals surface area (Å²) in [6, 6.07) is 29.0. The number of nitrogens with one attached hydrogen (secondary N) is 1. The van der Waals surface area contributed by atoms with Gasteiger partial charge in [-0.15, -0.1) is 0 Å². The number of hydrogen-bond donors (Lipinski definition) is 2. The lowest BCUT2D eigenvalue weighted by molar-refractivity contribution is -0.136. The van der Waals surface area contributed by atoms with Gasteiger partial charge in [0.1, 0.15) is 17.5 Å². The maximum absolute atomic E-state index is 13.3. The molecule has 0 spiro atoms. The highest BCUT2D eigenvalue weighted by molar-refractivity contribution is 6.23. The van der Waals surface area contributed by atoms with Crippen molar-refractivity contribution in [3.8, 4) is 11.5 Å². The highest BCUT2D eigenvalue weighted by atomic mass is 16.5. The minimum atomic E-state index is -0.969. The average molecular weight is 657 g/mol. The molecular weight excluding hydrogens is 620 g/mol. The third kappa shape index (κ3) is 5.72. The Morgan fingerprint density at radius 2 is 1.53 bits per heavy atom. The number of imide groups is 2. The van der Waals surface area contributed by atoms with Gasteiger partial charge in [0.05, 0.1) is 17.7 Å². The molecule has 248 valence electrons.